The van der Waals surface area contributed by atoms with E-state index in [-0.39, 0.29) is 0 Å². The van der Waals surface area contributed by atoms with Crippen LogP contribution in [0.15, 0.2) is 36.5 Å². The minimum Gasteiger partial charge on any atom is -0.100 e. The molecule has 0 fully saturated rings. The first-order valence-electron chi connectivity index (χ1n) is 12.2. The van der Waals surface area contributed by atoms with Crippen LogP contribution in [0, 0.1) is 35.5 Å². The van der Waals surface area contributed by atoms with Crippen LogP contribution in [0.5, 0.6) is 0 Å². The standard InChI is InChI=1S/C9H16.C8H16.C7H14.C5H12/c1-8(2)7-9-5-3-4-6-9;1-6(2)8(5)7(3)4;1-6(2)5-7(3)4;1-4-5(2)3/h3,5,8-9H,4,6-7H2,1-2H3;7-8H,1H2,2-5H3;7H,1,5H2,2-4H3;5H,4H2,1-3H3. The number of allylic oxidation sites excluding steroid dienone is 4. The van der Waals surface area contributed by atoms with Gasteiger partial charge in [0.2, 0.25) is 0 Å². The van der Waals surface area contributed by atoms with Crippen LogP contribution < -0.4 is 0 Å². The van der Waals surface area contributed by atoms with Gasteiger partial charge in [-0.15, -0.1) is 6.58 Å². The Morgan fingerprint density at radius 2 is 1.34 bits per heavy atom. The van der Waals surface area contributed by atoms with Gasteiger partial charge in [-0.25, -0.2) is 0 Å². The molecule has 0 heteroatoms. The highest BCUT2D eigenvalue weighted by atomic mass is 14.1. The van der Waals surface area contributed by atoms with E-state index in [1.165, 1.54) is 43.3 Å². The third-order valence-corrected chi connectivity index (χ3v) is 5.24. The molecular formula is C29H58. The van der Waals surface area contributed by atoms with Crippen molar-refractivity contribution < 1.29 is 0 Å². The average Bonchev–Trinajstić information content (AvgIpc) is 3.06. The summed E-state index contributed by atoms with van der Waals surface area (Å²) in [5, 5.41) is 0. The molecule has 29 heavy (non-hydrogen) atoms. The largest absolute Gasteiger partial charge is 0.100 e. The quantitative estimate of drug-likeness (QED) is 0.369. The first kappa shape index (κ1) is 32.9. The second-order valence-electron chi connectivity index (χ2n) is 10.6. The lowest BCUT2D eigenvalue weighted by atomic mass is 9.92. The Hall–Kier alpha value is -0.780. The molecule has 2 atom stereocenters. The normalized spacial score (nSPS) is 15.9. The van der Waals surface area contributed by atoms with Crippen LogP contribution in [0.4, 0.5) is 0 Å². The molecule has 0 aromatic rings. The van der Waals surface area contributed by atoms with Gasteiger partial charge in [0.05, 0.1) is 0 Å². The van der Waals surface area contributed by atoms with E-state index in [0.29, 0.717) is 5.92 Å². The second-order valence-corrected chi connectivity index (χ2v) is 10.6. The van der Waals surface area contributed by atoms with E-state index in [4.69, 9.17) is 0 Å². The van der Waals surface area contributed by atoms with Crippen LogP contribution in [0.25, 0.3) is 0 Å². The molecule has 0 saturated heterocycles. The van der Waals surface area contributed by atoms with E-state index < -0.39 is 0 Å². The maximum atomic E-state index is 3.88. The molecule has 0 heterocycles. The van der Waals surface area contributed by atoms with Gasteiger partial charge in [0.1, 0.15) is 0 Å². The molecule has 0 bridgehead atoms. The molecule has 2 unspecified atom stereocenters. The first-order valence-corrected chi connectivity index (χ1v) is 12.2. The number of hydrogen-bond acceptors (Lipinski definition) is 0. The lowest BCUT2D eigenvalue weighted by Crippen LogP contribution is -2.03. The summed E-state index contributed by atoms with van der Waals surface area (Å²) in [6.45, 7) is 34.1. The van der Waals surface area contributed by atoms with Crippen molar-refractivity contribution in [3.63, 3.8) is 0 Å². The van der Waals surface area contributed by atoms with E-state index >= 15 is 0 Å². The molecular weight excluding hydrogens is 348 g/mol. The molecule has 1 aliphatic carbocycles. The van der Waals surface area contributed by atoms with E-state index in [1.807, 2.05) is 0 Å². The summed E-state index contributed by atoms with van der Waals surface area (Å²) in [4.78, 5) is 0. The highest BCUT2D eigenvalue weighted by Gasteiger charge is 2.09. The summed E-state index contributed by atoms with van der Waals surface area (Å²) in [6.07, 6.45) is 11.3. The topological polar surface area (TPSA) is 0 Å². The van der Waals surface area contributed by atoms with Crippen molar-refractivity contribution in [3.8, 4) is 0 Å². The van der Waals surface area contributed by atoms with Crippen LogP contribution >= 0.6 is 0 Å². The van der Waals surface area contributed by atoms with Crippen LogP contribution in [0.3, 0.4) is 0 Å². The van der Waals surface area contributed by atoms with E-state index in [9.17, 15) is 0 Å². The van der Waals surface area contributed by atoms with Crippen LogP contribution in [0.2, 0.25) is 0 Å². The van der Waals surface area contributed by atoms with Crippen molar-refractivity contribution in [2.24, 2.45) is 35.5 Å². The first-order chi connectivity index (χ1) is 13.2. The fourth-order valence-electron chi connectivity index (χ4n) is 2.76. The van der Waals surface area contributed by atoms with Gasteiger partial charge in [0.15, 0.2) is 0 Å². The van der Waals surface area contributed by atoms with Gasteiger partial charge in [-0.2, -0.15) is 0 Å². The van der Waals surface area contributed by atoms with Gasteiger partial charge < -0.3 is 0 Å². The van der Waals surface area contributed by atoms with Crippen molar-refractivity contribution in [3.05, 3.63) is 36.5 Å². The maximum absolute atomic E-state index is 3.88. The Kier molecular flexibility index (Phi) is 23.2. The minimum atomic E-state index is 0.676. The van der Waals surface area contributed by atoms with Gasteiger partial charge in [-0.3, -0.25) is 0 Å². The van der Waals surface area contributed by atoms with Crippen molar-refractivity contribution in [1.82, 2.24) is 0 Å². The van der Waals surface area contributed by atoms with Crippen molar-refractivity contribution in [2.45, 2.75) is 115 Å². The number of rotatable bonds is 7. The van der Waals surface area contributed by atoms with Crippen molar-refractivity contribution >= 4 is 0 Å². The SMILES string of the molecule is C=C(C)C(C)C(C)C.C=C(C)CC(C)C.CC(C)CC1C=CCC1.CCC(C)C. The van der Waals surface area contributed by atoms with E-state index in [0.717, 1.165) is 29.6 Å². The van der Waals surface area contributed by atoms with Crippen LogP contribution in [0.1, 0.15) is 115 Å². The Balaban J connectivity index is -0.000000318. The van der Waals surface area contributed by atoms with Gasteiger partial charge in [0, 0.05) is 0 Å². The molecule has 0 nitrogen and oxygen atoms in total. The average molecular weight is 407 g/mol. The highest BCUT2D eigenvalue weighted by Crippen LogP contribution is 2.23. The monoisotopic (exact) mass is 406 g/mol. The molecule has 0 aromatic carbocycles. The molecule has 1 aliphatic rings. The predicted octanol–water partition coefficient (Wildman–Crippen LogP) is 10.5. The molecule has 0 amide bonds. The highest BCUT2D eigenvalue weighted by molar-refractivity contribution is 4.96. The predicted molar refractivity (Wildman–Crippen MR) is 140 cm³/mol. The van der Waals surface area contributed by atoms with Gasteiger partial charge in [-0.1, -0.05) is 106 Å². The van der Waals surface area contributed by atoms with E-state index in [2.05, 4.69) is 108 Å². The van der Waals surface area contributed by atoms with Gasteiger partial charge >= 0.3 is 0 Å². The molecule has 1 rings (SSSR count). The van der Waals surface area contributed by atoms with E-state index in [1.54, 1.807) is 0 Å². The fourth-order valence-corrected chi connectivity index (χ4v) is 2.76. The van der Waals surface area contributed by atoms with Crippen LogP contribution in [-0.4, -0.2) is 0 Å². The smallest absolute Gasteiger partial charge is 0.0214 e. The van der Waals surface area contributed by atoms with Gasteiger partial charge in [0.25, 0.3) is 0 Å². The molecule has 0 aromatic heterocycles. The second kappa shape index (κ2) is 20.5. The molecule has 0 N–H and O–H groups in total. The third-order valence-electron chi connectivity index (χ3n) is 5.24. The summed E-state index contributed by atoms with van der Waals surface area (Å²) >= 11 is 0. The zero-order chi connectivity index (χ0) is 23.6. The fraction of sp³-hybridized carbons (Fsp3) is 0.793. The summed E-state index contributed by atoms with van der Waals surface area (Å²) in [5.41, 5.74) is 2.58. The third kappa shape index (κ3) is 29.5. The molecule has 0 aliphatic heterocycles. The minimum absolute atomic E-state index is 0.676. The maximum Gasteiger partial charge on any atom is -0.0214 e. The number of hydrogen-bond donors (Lipinski definition) is 0. The zero-order valence-electron chi connectivity index (χ0n) is 22.6. The van der Waals surface area contributed by atoms with Crippen molar-refractivity contribution in [2.75, 3.05) is 0 Å². The Morgan fingerprint density at radius 3 is 1.48 bits per heavy atom. The van der Waals surface area contributed by atoms with Gasteiger partial charge in [-0.05, 0) is 75.0 Å². The molecule has 0 spiro atoms. The Labute approximate surface area is 187 Å². The lowest BCUT2D eigenvalue weighted by Gasteiger charge is -2.13. The molecule has 0 radical (unpaired) electrons. The summed E-state index contributed by atoms with van der Waals surface area (Å²) < 4.78 is 0. The van der Waals surface area contributed by atoms with Crippen molar-refractivity contribution in [1.29, 1.82) is 0 Å². The Bertz CT molecular complexity index is 406. The molecule has 174 valence electrons. The Morgan fingerprint density at radius 1 is 0.862 bits per heavy atom. The lowest BCUT2D eigenvalue weighted by molar-refractivity contribution is 0.470. The summed E-state index contributed by atoms with van der Waals surface area (Å²) in [5.74, 6) is 4.86. The summed E-state index contributed by atoms with van der Waals surface area (Å²) in [7, 11) is 0. The zero-order valence-corrected chi connectivity index (χ0v) is 22.6. The summed E-state index contributed by atoms with van der Waals surface area (Å²) in [6, 6.07) is 0. The molecule has 0 saturated carbocycles. The van der Waals surface area contributed by atoms with Crippen LogP contribution in [-0.2, 0) is 0 Å².